The fraction of sp³-hybridized carbons (Fsp3) is 0.235. The molecule has 0 aliphatic rings. The molecule has 1 aromatic carbocycles. The summed E-state index contributed by atoms with van der Waals surface area (Å²) in [6.45, 7) is 2.38. The molecule has 0 saturated carbocycles. The molecule has 132 valence electrons. The number of benzene rings is 1. The van der Waals surface area contributed by atoms with E-state index in [0.29, 0.717) is 23.7 Å². The molecular weight excluding hydrogens is 344 g/mol. The smallest absolute Gasteiger partial charge is 0.339 e. The zero-order valence-electron chi connectivity index (χ0n) is 14.0. The first-order valence-corrected chi connectivity index (χ1v) is 7.84. The molecule has 25 heavy (non-hydrogen) atoms. The highest BCUT2D eigenvalue weighted by atomic mass is 32.1. The first kappa shape index (κ1) is 18.5. The molecule has 2 aromatic rings. The minimum Gasteiger partial charge on any atom is -0.493 e. The van der Waals surface area contributed by atoms with Gasteiger partial charge in [-0.2, -0.15) is 0 Å². The molecule has 2 N–H and O–H groups in total. The van der Waals surface area contributed by atoms with Gasteiger partial charge < -0.3 is 19.2 Å². The summed E-state index contributed by atoms with van der Waals surface area (Å²) in [6.07, 6.45) is 1.57. The molecule has 0 radical (unpaired) electrons. The standard InChI is InChI=1S/C17H18N2O5S/c1-4-24-13-6-5-10(8-14(13)22-2)7-11(16(21)23-3)12-9-15(20)19-17(25)18-12/h5-9H,4H2,1-3H3,(H2,18,19,20,25)/b11-7-. The Kier molecular flexibility index (Phi) is 6.13. The number of hydrogen-bond acceptors (Lipinski definition) is 6. The Morgan fingerprint density at radius 3 is 2.56 bits per heavy atom. The van der Waals surface area contributed by atoms with Crippen LogP contribution in [-0.4, -0.2) is 36.8 Å². The summed E-state index contributed by atoms with van der Waals surface area (Å²) >= 11 is 4.95. The molecule has 0 atom stereocenters. The highest BCUT2D eigenvalue weighted by molar-refractivity contribution is 7.71. The van der Waals surface area contributed by atoms with Gasteiger partial charge >= 0.3 is 5.97 Å². The number of esters is 1. The lowest BCUT2D eigenvalue weighted by Crippen LogP contribution is -2.12. The average Bonchev–Trinajstić information content (AvgIpc) is 2.59. The van der Waals surface area contributed by atoms with Crippen LogP contribution in [0.4, 0.5) is 0 Å². The van der Waals surface area contributed by atoms with Crippen LogP contribution in [0.1, 0.15) is 18.2 Å². The van der Waals surface area contributed by atoms with Crippen molar-refractivity contribution < 1.29 is 19.0 Å². The second-order valence-corrected chi connectivity index (χ2v) is 5.30. The van der Waals surface area contributed by atoms with Crippen molar-refractivity contribution in [2.45, 2.75) is 6.92 Å². The van der Waals surface area contributed by atoms with Crippen molar-refractivity contribution in [3.05, 3.63) is 50.6 Å². The highest BCUT2D eigenvalue weighted by Gasteiger charge is 2.15. The lowest BCUT2D eigenvalue weighted by Gasteiger charge is -2.10. The Morgan fingerprint density at radius 1 is 1.20 bits per heavy atom. The molecular formula is C17H18N2O5S. The van der Waals surface area contributed by atoms with Gasteiger partial charge in [0.25, 0.3) is 5.56 Å². The molecule has 7 nitrogen and oxygen atoms in total. The van der Waals surface area contributed by atoms with E-state index in [4.69, 9.17) is 26.4 Å². The first-order chi connectivity index (χ1) is 12.0. The number of aromatic amines is 2. The molecule has 0 bridgehead atoms. The van der Waals surface area contributed by atoms with E-state index < -0.39 is 11.5 Å². The molecule has 0 unspecified atom stereocenters. The van der Waals surface area contributed by atoms with Gasteiger partial charge in [0.15, 0.2) is 16.3 Å². The van der Waals surface area contributed by atoms with Crippen molar-refractivity contribution in [1.29, 1.82) is 0 Å². The van der Waals surface area contributed by atoms with Gasteiger partial charge in [0, 0.05) is 6.07 Å². The maximum atomic E-state index is 12.2. The summed E-state index contributed by atoms with van der Waals surface area (Å²) in [7, 11) is 2.79. The molecule has 0 saturated heterocycles. The molecule has 0 aliphatic carbocycles. The Balaban J connectivity index is 2.56. The number of H-pyrrole nitrogens is 2. The summed E-state index contributed by atoms with van der Waals surface area (Å²) in [5.41, 5.74) is 0.664. The summed E-state index contributed by atoms with van der Waals surface area (Å²) in [4.78, 5) is 29.0. The zero-order chi connectivity index (χ0) is 18.4. The predicted molar refractivity (Wildman–Crippen MR) is 96.3 cm³/mol. The third-order valence-corrected chi connectivity index (χ3v) is 3.46. The Bertz CT molecular complexity index is 885. The van der Waals surface area contributed by atoms with E-state index >= 15 is 0 Å². The van der Waals surface area contributed by atoms with Gasteiger partial charge in [-0.3, -0.25) is 9.78 Å². The highest BCUT2D eigenvalue weighted by Crippen LogP contribution is 2.29. The minimum absolute atomic E-state index is 0.113. The average molecular weight is 362 g/mol. The fourth-order valence-electron chi connectivity index (χ4n) is 2.19. The summed E-state index contributed by atoms with van der Waals surface area (Å²) in [5, 5.41) is 0. The first-order valence-electron chi connectivity index (χ1n) is 7.43. The second-order valence-electron chi connectivity index (χ2n) is 4.89. The van der Waals surface area contributed by atoms with Crippen molar-refractivity contribution in [3.8, 4) is 11.5 Å². The van der Waals surface area contributed by atoms with Crippen molar-refractivity contribution in [2.75, 3.05) is 20.8 Å². The van der Waals surface area contributed by atoms with E-state index in [1.165, 1.54) is 20.3 Å². The third kappa shape index (κ3) is 4.57. The SMILES string of the molecule is CCOc1ccc(/C=C(\C(=O)OC)c2cc(=O)[nH]c(=S)[nH]2)cc1OC. The van der Waals surface area contributed by atoms with Crippen LogP contribution < -0.4 is 15.0 Å². The number of nitrogens with one attached hydrogen (secondary N) is 2. The van der Waals surface area contributed by atoms with Gasteiger partial charge in [-0.1, -0.05) is 6.07 Å². The molecule has 1 aromatic heterocycles. The molecule has 0 spiro atoms. The predicted octanol–water partition coefficient (Wildman–Crippen LogP) is 2.55. The Hall–Kier alpha value is -2.87. The monoisotopic (exact) mass is 362 g/mol. The molecule has 0 aliphatic heterocycles. The molecule has 0 fully saturated rings. The van der Waals surface area contributed by atoms with Crippen molar-refractivity contribution >= 4 is 29.8 Å². The maximum Gasteiger partial charge on any atom is 0.339 e. The van der Waals surface area contributed by atoms with Crippen LogP contribution in [0.3, 0.4) is 0 Å². The van der Waals surface area contributed by atoms with Gasteiger partial charge in [0.05, 0.1) is 32.1 Å². The van der Waals surface area contributed by atoms with Crippen LogP contribution in [0.25, 0.3) is 11.6 Å². The second kappa shape index (κ2) is 8.29. The normalized spacial score (nSPS) is 11.1. The van der Waals surface area contributed by atoms with E-state index in [9.17, 15) is 9.59 Å². The number of carbonyl (C=O) groups is 1. The lowest BCUT2D eigenvalue weighted by atomic mass is 10.1. The fourth-order valence-corrected chi connectivity index (χ4v) is 2.40. The molecule has 1 heterocycles. The van der Waals surface area contributed by atoms with Crippen LogP contribution in [0.15, 0.2) is 29.1 Å². The van der Waals surface area contributed by atoms with Crippen LogP contribution in [-0.2, 0) is 9.53 Å². The van der Waals surface area contributed by atoms with E-state index in [1.54, 1.807) is 24.3 Å². The zero-order valence-corrected chi connectivity index (χ0v) is 14.9. The molecule has 2 rings (SSSR count). The maximum absolute atomic E-state index is 12.2. The van der Waals surface area contributed by atoms with Gasteiger partial charge in [-0.15, -0.1) is 0 Å². The quantitative estimate of drug-likeness (QED) is 0.466. The number of aromatic nitrogens is 2. The largest absolute Gasteiger partial charge is 0.493 e. The van der Waals surface area contributed by atoms with Crippen LogP contribution in [0, 0.1) is 4.77 Å². The lowest BCUT2D eigenvalue weighted by molar-refractivity contribution is -0.133. The summed E-state index contributed by atoms with van der Waals surface area (Å²) in [6, 6.07) is 6.46. The number of methoxy groups -OCH3 is 2. The van der Waals surface area contributed by atoms with Crippen molar-refractivity contribution in [2.24, 2.45) is 0 Å². The van der Waals surface area contributed by atoms with Gasteiger partial charge in [-0.05, 0) is 42.9 Å². The van der Waals surface area contributed by atoms with Gasteiger partial charge in [0.2, 0.25) is 0 Å². The van der Waals surface area contributed by atoms with E-state index in [0.717, 1.165) is 0 Å². The van der Waals surface area contributed by atoms with E-state index in [-0.39, 0.29) is 16.0 Å². The summed E-state index contributed by atoms with van der Waals surface area (Å²) < 4.78 is 15.7. The topological polar surface area (TPSA) is 93.4 Å². The third-order valence-electron chi connectivity index (χ3n) is 3.25. The Morgan fingerprint density at radius 2 is 1.96 bits per heavy atom. The van der Waals surface area contributed by atoms with E-state index in [1.807, 2.05) is 6.92 Å². The molecule has 0 amide bonds. The van der Waals surface area contributed by atoms with Gasteiger partial charge in [0.1, 0.15) is 0 Å². The van der Waals surface area contributed by atoms with Crippen LogP contribution >= 0.6 is 12.2 Å². The van der Waals surface area contributed by atoms with E-state index in [2.05, 4.69) is 9.97 Å². The number of rotatable bonds is 6. The van der Waals surface area contributed by atoms with Crippen molar-refractivity contribution in [3.63, 3.8) is 0 Å². The number of ether oxygens (including phenoxy) is 3. The molecule has 8 heteroatoms. The number of carbonyl (C=O) groups excluding carboxylic acids is 1. The van der Waals surface area contributed by atoms with Crippen LogP contribution in [0.2, 0.25) is 0 Å². The summed E-state index contributed by atoms with van der Waals surface area (Å²) in [5.74, 6) is 0.514. The Labute approximate surface area is 149 Å². The van der Waals surface area contributed by atoms with Crippen molar-refractivity contribution in [1.82, 2.24) is 9.97 Å². The van der Waals surface area contributed by atoms with Gasteiger partial charge in [-0.25, -0.2) is 4.79 Å². The van der Waals surface area contributed by atoms with Crippen LogP contribution in [0.5, 0.6) is 11.5 Å². The number of hydrogen-bond donors (Lipinski definition) is 2. The minimum atomic E-state index is -0.607.